The van der Waals surface area contributed by atoms with Gasteiger partial charge in [0.2, 0.25) is 0 Å². The molecule has 20 heavy (non-hydrogen) atoms. The Bertz CT molecular complexity index is 460. The molecule has 2 N–H and O–H groups in total. The van der Waals surface area contributed by atoms with Crippen LogP contribution in [0.25, 0.3) is 0 Å². The fourth-order valence-corrected chi connectivity index (χ4v) is 2.15. The summed E-state index contributed by atoms with van der Waals surface area (Å²) in [5, 5.41) is 6.15. The number of nitrogens with one attached hydrogen (secondary N) is 2. The minimum absolute atomic E-state index is 0.0681. The molecule has 0 fully saturated rings. The molecule has 0 spiro atoms. The first-order chi connectivity index (χ1) is 9.33. The van der Waals surface area contributed by atoms with E-state index in [0.717, 1.165) is 0 Å². The highest BCUT2D eigenvalue weighted by Gasteiger charge is 2.13. The molecule has 0 aliphatic heterocycles. The molecule has 1 aromatic heterocycles. The van der Waals surface area contributed by atoms with E-state index in [9.17, 15) is 8.60 Å². The van der Waals surface area contributed by atoms with Crippen LogP contribution in [0, 0.1) is 5.82 Å². The SMILES string of the molecule is CCS(=O)CCNc1nccc(CNC(C)(C)C)c1F. The highest BCUT2D eigenvalue weighted by Crippen LogP contribution is 2.15. The number of anilines is 1. The summed E-state index contributed by atoms with van der Waals surface area (Å²) in [5.74, 6) is 1.01. The number of aromatic nitrogens is 1. The third kappa shape index (κ3) is 5.96. The van der Waals surface area contributed by atoms with E-state index >= 15 is 0 Å². The van der Waals surface area contributed by atoms with Crippen LogP contribution in [0.2, 0.25) is 0 Å². The van der Waals surface area contributed by atoms with Gasteiger partial charge in [-0.1, -0.05) is 6.92 Å². The molecule has 0 aliphatic rings. The van der Waals surface area contributed by atoms with E-state index in [4.69, 9.17) is 0 Å². The van der Waals surface area contributed by atoms with Gasteiger partial charge in [-0.2, -0.15) is 0 Å². The maximum absolute atomic E-state index is 14.2. The first kappa shape index (κ1) is 17.0. The second-order valence-corrected chi connectivity index (χ2v) is 7.46. The highest BCUT2D eigenvalue weighted by molar-refractivity contribution is 7.84. The van der Waals surface area contributed by atoms with E-state index in [-0.39, 0.29) is 17.2 Å². The topological polar surface area (TPSA) is 54.0 Å². The molecule has 0 amide bonds. The Morgan fingerprint density at radius 2 is 2.10 bits per heavy atom. The van der Waals surface area contributed by atoms with Crippen LogP contribution in [-0.2, 0) is 17.3 Å². The first-order valence-electron chi connectivity index (χ1n) is 6.80. The monoisotopic (exact) mass is 301 g/mol. The molecule has 0 saturated heterocycles. The van der Waals surface area contributed by atoms with E-state index in [1.807, 2.05) is 27.7 Å². The zero-order valence-corrected chi connectivity index (χ0v) is 13.4. The predicted molar refractivity (Wildman–Crippen MR) is 82.8 cm³/mol. The first-order valence-corrected chi connectivity index (χ1v) is 8.29. The summed E-state index contributed by atoms with van der Waals surface area (Å²) in [6, 6.07) is 1.67. The van der Waals surface area contributed by atoms with Gasteiger partial charge in [-0.3, -0.25) is 4.21 Å². The Hall–Kier alpha value is -1.01. The van der Waals surface area contributed by atoms with Crippen LogP contribution in [0.15, 0.2) is 12.3 Å². The van der Waals surface area contributed by atoms with Crippen molar-refractivity contribution < 1.29 is 8.60 Å². The van der Waals surface area contributed by atoms with E-state index in [1.165, 1.54) is 0 Å². The Morgan fingerprint density at radius 1 is 1.40 bits per heavy atom. The van der Waals surface area contributed by atoms with Crippen molar-refractivity contribution in [2.24, 2.45) is 0 Å². The van der Waals surface area contributed by atoms with Gasteiger partial charge < -0.3 is 10.6 Å². The van der Waals surface area contributed by atoms with Crippen molar-refractivity contribution in [1.29, 1.82) is 0 Å². The van der Waals surface area contributed by atoms with Crippen molar-refractivity contribution in [2.45, 2.75) is 39.8 Å². The molecule has 0 radical (unpaired) electrons. The van der Waals surface area contributed by atoms with E-state index in [2.05, 4.69) is 15.6 Å². The summed E-state index contributed by atoms with van der Waals surface area (Å²) >= 11 is 0. The van der Waals surface area contributed by atoms with Crippen LogP contribution >= 0.6 is 0 Å². The number of hydrogen-bond acceptors (Lipinski definition) is 4. The molecule has 0 saturated carbocycles. The summed E-state index contributed by atoms with van der Waals surface area (Å²) in [6.45, 7) is 8.88. The normalized spacial score (nSPS) is 13.2. The lowest BCUT2D eigenvalue weighted by molar-refractivity contribution is 0.418. The molecule has 0 bridgehead atoms. The van der Waals surface area contributed by atoms with Crippen molar-refractivity contribution in [3.8, 4) is 0 Å². The van der Waals surface area contributed by atoms with Gasteiger partial charge in [0, 0.05) is 52.7 Å². The maximum atomic E-state index is 14.2. The Labute approximate surface area is 123 Å². The van der Waals surface area contributed by atoms with Crippen molar-refractivity contribution in [3.05, 3.63) is 23.6 Å². The molecule has 4 nitrogen and oxygen atoms in total. The van der Waals surface area contributed by atoms with Crippen LogP contribution in [0.4, 0.5) is 10.2 Å². The zero-order chi connectivity index (χ0) is 15.2. The summed E-state index contributed by atoms with van der Waals surface area (Å²) in [5.41, 5.74) is 0.510. The van der Waals surface area contributed by atoms with Crippen molar-refractivity contribution in [1.82, 2.24) is 10.3 Å². The molecule has 1 heterocycles. The lowest BCUT2D eigenvalue weighted by Crippen LogP contribution is -2.35. The smallest absolute Gasteiger partial charge is 0.169 e. The molecule has 1 aromatic rings. The fourth-order valence-electron chi connectivity index (χ4n) is 1.53. The van der Waals surface area contributed by atoms with Gasteiger partial charge in [-0.05, 0) is 26.8 Å². The van der Waals surface area contributed by atoms with Gasteiger partial charge in [0.25, 0.3) is 0 Å². The third-order valence-corrected chi connectivity index (χ3v) is 4.03. The lowest BCUT2D eigenvalue weighted by Gasteiger charge is -2.21. The van der Waals surface area contributed by atoms with Crippen LogP contribution in [0.1, 0.15) is 33.3 Å². The van der Waals surface area contributed by atoms with Gasteiger partial charge >= 0.3 is 0 Å². The second-order valence-electron chi connectivity index (χ2n) is 5.60. The maximum Gasteiger partial charge on any atom is 0.169 e. The predicted octanol–water partition coefficient (Wildman–Crippen LogP) is 2.29. The Kier molecular flexibility index (Phi) is 6.55. The summed E-state index contributed by atoms with van der Waals surface area (Å²) in [4.78, 5) is 3.99. The lowest BCUT2D eigenvalue weighted by atomic mass is 10.1. The molecule has 114 valence electrons. The fraction of sp³-hybridized carbons (Fsp3) is 0.643. The highest BCUT2D eigenvalue weighted by atomic mass is 32.2. The molecule has 0 aliphatic carbocycles. The molecular formula is C14H24FN3OS. The van der Waals surface area contributed by atoms with E-state index < -0.39 is 10.8 Å². The van der Waals surface area contributed by atoms with Crippen molar-refractivity contribution >= 4 is 16.6 Å². The summed E-state index contributed by atoms with van der Waals surface area (Å²) < 4.78 is 25.5. The largest absolute Gasteiger partial charge is 0.367 e. The third-order valence-electron chi connectivity index (χ3n) is 2.72. The Morgan fingerprint density at radius 3 is 2.70 bits per heavy atom. The molecule has 1 atom stereocenters. The molecule has 6 heteroatoms. The quantitative estimate of drug-likeness (QED) is 0.811. The number of rotatable bonds is 7. The van der Waals surface area contributed by atoms with E-state index in [1.54, 1.807) is 12.3 Å². The Balaban J connectivity index is 2.62. The van der Waals surface area contributed by atoms with Crippen LogP contribution in [0.5, 0.6) is 0 Å². The molecule has 1 rings (SSSR count). The van der Waals surface area contributed by atoms with Crippen molar-refractivity contribution in [3.63, 3.8) is 0 Å². The number of halogens is 1. The number of nitrogens with zero attached hydrogens (tertiary/aromatic N) is 1. The summed E-state index contributed by atoms with van der Waals surface area (Å²) in [7, 11) is -0.853. The van der Waals surface area contributed by atoms with Crippen LogP contribution in [0.3, 0.4) is 0 Å². The minimum atomic E-state index is -0.853. The molecule has 0 aromatic carbocycles. The number of pyridine rings is 1. The second kappa shape index (κ2) is 7.69. The molecule has 1 unspecified atom stereocenters. The number of hydrogen-bond donors (Lipinski definition) is 2. The standard InChI is InChI=1S/C14H24FN3OS/c1-5-20(19)9-8-17-13-12(15)11(6-7-16-13)10-18-14(2,3)4/h6-7,18H,5,8-10H2,1-4H3,(H,16,17). The minimum Gasteiger partial charge on any atom is -0.367 e. The van der Waals surface area contributed by atoms with Crippen molar-refractivity contribution in [2.75, 3.05) is 23.4 Å². The van der Waals surface area contributed by atoms with Gasteiger partial charge in [-0.25, -0.2) is 9.37 Å². The summed E-state index contributed by atoms with van der Waals surface area (Å²) in [6.07, 6.45) is 1.59. The average Bonchev–Trinajstić information content (AvgIpc) is 2.38. The van der Waals surface area contributed by atoms with Gasteiger partial charge in [0.15, 0.2) is 11.6 Å². The molecular weight excluding hydrogens is 277 g/mol. The van der Waals surface area contributed by atoms with Crippen LogP contribution in [-0.4, -0.2) is 32.8 Å². The van der Waals surface area contributed by atoms with E-state index in [0.29, 0.717) is 30.2 Å². The van der Waals surface area contributed by atoms with Gasteiger partial charge in [0.1, 0.15) is 0 Å². The van der Waals surface area contributed by atoms with Crippen LogP contribution < -0.4 is 10.6 Å². The zero-order valence-electron chi connectivity index (χ0n) is 12.6. The average molecular weight is 301 g/mol. The van der Waals surface area contributed by atoms with Gasteiger partial charge in [-0.15, -0.1) is 0 Å². The van der Waals surface area contributed by atoms with Gasteiger partial charge in [0.05, 0.1) is 0 Å².